The lowest BCUT2D eigenvalue weighted by Crippen LogP contribution is -2.29. The van der Waals surface area contributed by atoms with Crippen LogP contribution in [0.2, 0.25) is 0 Å². The van der Waals surface area contributed by atoms with Gasteiger partial charge in [-0.1, -0.05) is 18.2 Å². The number of aryl methyl sites for hydroxylation is 1. The van der Waals surface area contributed by atoms with Crippen LogP contribution in [0.1, 0.15) is 25.5 Å². The Morgan fingerprint density at radius 1 is 1.17 bits per heavy atom. The number of likely N-dealkylation sites (tertiary alicyclic amines) is 1. The summed E-state index contributed by atoms with van der Waals surface area (Å²) in [4.78, 5) is 6.86. The smallest absolute Gasteiger partial charge is 0.0486 e. The van der Waals surface area contributed by atoms with Crippen molar-refractivity contribution in [3.63, 3.8) is 0 Å². The molecule has 0 aliphatic carbocycles. The Hall–Kier alpha value is -2.13. The molecule has 3 nitrogen and oxygen atoms in total. The van der Waals surface area contributed by atoms with Gasteiger partial charge in [0.05, 0.1) is 0 Å². The van der Waals surface area contributed by atoms with E-state index in [0.29, 0.717) is 0 Å². The third kappa shape index (κ3) is 2.84. The monoisotopic (exact) mass is 319 g/mol. The van der Waals surface area contributed by atoms with Crippen LogP contribution in [-0.2, 0) is 13.5 Å². The third-order valence-corrected chi connectivity index (χ3v) is 5.49. The van der Waals surface area contributed by atoms with Gasteiger partial charge in [0.1, 0.15) is 0 Å². The van der Waals surface area contributed by atoms with Crippen LogP contribution >= 0.6 is 0 Å². The number of aromatic nitrogens is 2. The van der Waals surface area contributed by atoms with E-state index < -0.39 is 0 Å². The third-order valence-electron chi connectivity index (χ3n) is 5.49. The molecule has 1 aliphatic heterocycles. The molecule has 0 bridgehead atoms. The van der Waals surface area contributed by atoms with E-state index in [1.807, 2.05) is 18.5 Å². The highest BCUT2D eigenvalue weighted by molar-refractivity contribution is 5.86. The van der Waals surface area contributed by atoms with E-state index in [2.05, 4.69) is 58.8 Å². The van der Waals surface area contributed by atoms with Gasteiger partial charge in [0.25, 0.3) is 0 Å². The summed E-state index contributed by atoms with van der Waals surface area (Å²) in [5.41, 5.74) is 5.14. The molecule has 1 atom stereocenters. The fourth-order valence-electron chi connectivity index (χ4n) is 3.92. The second-order valence-corrected chi connectivity index (χ2v) is 6.99. The van der Waals surface area contributed by atoms with Gasteiger partial charge >= 0.3 is 0 Å². The minimum Gasteiger partial charge on any atom is -0.348 e. The second kappa shape index (κ2) is 6.40. The van der Waals surface area contributed by atoms with Gasteiger partial charge < -0.3 is 9.47 Å². The molecular weight excluding hydrogens is 294 g/mol. The Bertz CT molecular complexity index is 835. The first kappa shape index (κ1) is 15.4. The molecule has 1 fully saturated rings. The minimum absolute atomic E-state index is 0.747. The summed E-state index contributed by atoms with van der Waals surface area (Å²) in [6, 6.07) is 13.9. The van der Waals surface area contributed by atoms with Crippen LogP contribution in [0.15, 0.2) is 48.8 Å². The zero-order valence-electron chi connectivity index (χ0n) is 14.6. The fraction of sp³-hybridized carbons (Fsp3) is 0.381. The predicted molar refractivity (Wildman–Crippen MR) is 100 cm³/mol. The number of hydrogen-bond donors (Lipinski definition) is 0. The fourth-order valence-corrected chi connectivity index (χ4v) is 3.92. The quantitative estimate of drug-likeness (QED) is 0.716. The van der Waals surface area contributed by atoms with Crippen molar-refractivity contribution in [2.45, 2.75) is 32.2 Å². The topological polar surface area (TPSA) is 21.1 Å². The molecule has 3 heterocycles. The largest absolute Gasteiger partial charge is 0.348 e. The highest BCUT2D eigenvalue weighted by atomic mass is 15.2. The van der Waals surface area contributed by atoms with Crippen molar-refractivity contribution in [2.24, 2.45) is 7.05 Å². The van der Waals surface area contributed by atoms with E-state index >= 15 is 0 Å². The highest BCUT2D eigenvalue weighted by Gasteiger charge is 2.20. The normalized spacial score (nSPS) is 18.5. The van der Waals surface area contributed by atoms with Crippen LogP contribution in [0.3, 0.4) is 0 Å². The molecule has 1 aliphatic rings. The van der Waals surface area contributed by atoms with Gasteiger partial charge in [-0.2, -0.15) is 0 Å². The van der Waals surface area contributed by atoms with Crippen molar-refractivity contribution in [1.82, 2.24) is 14.5 Å². The molecule has 124 valence electrons. The molecule has 1 saturated heterocycles. The Morgan fingerprint density at radius 2 is 2.08 bits per heavy atom. The van der Waals surface area contributed by atoms with Gasteiger partial charge in [0.2, 0.25) is 0 Å². The Balaban J connectivity index is 1.60. The molecule has 3 heteroatoms. The summed E-state index contributed by atoms with van der Waals surface area (Å²) in [6.07, 6.45) is 7.58. The van der Waals surface area contributed by atoms with Crippen molar-refractivity contribution in [2.75, 3.05) is 13.1 Å². The van der Waals surface area contributed by atoms with E-state index in [-0.39, 0.29) is 0 Å². The van der Waals surface area contributed by atoms with Gasteiger partial charge in [-0.25, -0.2) is 0 Å². The van der Waals surface area contributed by atoms with Crippen molar-refractivity contribution in [3.05, 3.63) is 54.5 Å². The highest BCUT2D eigenvalue weighted by Crippen LogP contribution is 2.26. The van der Waals surface area contributed by atoms with Gasteiger partial charge in [0, 0.05) is 55.2 Å². The summed E-state index contributed by atoms with van der Waals surface area (Å²) in [5.74, 6) is 0. The van der Waals surface area contributed by atoms with Crippen LogP contribution in [-0.4, -0.2) is 33.6 Å². The van der Waals surface area contributed by atoms with Gasteiger partial charge in [0.15, 0.2) is 0 Å². The van der Waals surface area contributed by atoms with Gasteiger partial charge in [-0.15, -0.1) is 0 Å². The molecule has 1 aromatic carbocycles. The maximum atomic E-state index is 4.24. The number of rotatable bonds is 4. The average molecular weight is 319 g/mol. The molecule has 0 amide bonds. The van der Waals surface area contributed by atoms with E-state index in [0.717, 1.165) is 12.5 Å². The van der Waals surface area contributed by atoms with Crippen molar-refractivity contribution in [1.29, 1.82) is 0 Å². The molecular formula is C21H25N3. The molecule has 1 unspecified atom stereocenters. The lowest BCUT2D eigenvalue weighted by atomic mass is 10.1. The second-order valence-electron chi connectivity index (χ2n) is 6.99. The molecule has 0 saturated carbocycles. The molecule has 0 N–H and O–H groups in total. The summed E-state index contributed by atoms with van der Waals surface area (Å²) in [6.45, 7) is 4.78. The SMILES string of the molecule is CC1CCCN1CCc1cc2ccc(-c3cccnc3)cc2n1C. The van der Waals surface area contributed by atoms with Crippen molar-refractivity contribution in [3.8, 4) is 11.1 Å². The predicted octanol–water partition coefficient (Wildman–Crippen LogP) is 4.27. The maximum absolute atomic E-state index is 4.24. The zero-order chi connectivity index (χ0) is 16.5. The average Bonchev–Trinajstić information content (AvgIpc) is 3.17. The maximum Gasteiger partial charge on any atom is 0.0486 e. The first-order valence-corrected chi connectivity index (χ1v) is 8.95. The lowest BCUT2D eigenvalue weighted by Gasteiger charge is -2.20. The molecule has 4 rings (SSSR count). The van der Waals surface area contributed by atoms with Gasteiger partial charge in [-0.05, 0) is 55.5 Å². The first-order valence-electron chi connectivity index (χ1n) is 8.95. The molecule has 2 aromatic heterocycles. The Kier molecular flexibility index (Phi) is 4.11. The number of hydrogen-bond acceptors (Lipinski definition) is 2. The van der Waals surface area contributed by atoms with E-state index in [9.17, 15) is 0 Å². The van der Waals surface area contributed by atoms with Crippen LogP contribution in [0, 0.1) is 0 Å². The number of pyridine rings is 1. The minimum atomic E-state index is 0.747. The van der Waals surface area contributed by atoms with Crippen LogP contribution in [0.25, 0.3) is 22.0 Å². The Morgan fingerprint density at radius 3 is 2.83 bits per heavy atom. The standard InChI is InChI=1S/C21H25N3/c1-16-5-4-11-24(16)12-9-20-13-18-8-7-17(14-21(18)23(20)2)19-6-3-10-22-15-19/h3,6-8,10,13-16H,4-5,9,11-12H2,1-2H3. The van der Waals surface area contributed by atoms with Crippen LogP contribution < -0.4 is 0 Å². The lowest BCUT2D eigenvalue weighted by molar-refractivity contribution is 0.271. The number of benzene rings is 1. The number of nitrogens with zero attached hydrogens (tertiary/aromatic N) is 3. The van der Waals surface area contributed by atoms with Crippen molar-refractivity contribution >= 4 is 10.9 Å². The van der Waals surface area contributed by atoms with Crippen molar-refractivity contribution < 1.29 is 0 Å². The van der Waals surface area contributed by atoms with Gasteiger partial charge in [-0.3, -0.25) is 4.98 Å². The summed E-state index contributed by atoms with van der Waals surface area (Å²) >= 11 is 0. The summed E-state index contributed by atoms with van der Waals surface area (Å²) in [7, 11) is 2.19. The molecule has 0 radical (unpaired) electrons. The number of fused-ring (bicyclic) bond motifs is 1. The van der Waals surface area contributed by atoms with E-state index in [1.165, 1.54) is 53.7 Å². The summed E-state index contributed by atoms with van der Waals surface area (Å²) in [5, 5.41) is 1.33. The molecule has 3 aromatic rings. The summed E-state index contributed by atoms with van der Waals surface area (Å²) < 4.78 is 2.36. The zero-order valence-corrected chi connectivity index (χ0v) is 14.6. The first-order chi connectivity index (χ1) is 11.7. The molecule has 0 spiro atoms. The Labute approximate surface area is 143 Å². The molecule has 24 heavy (non-hydrogen) atoms. The van der Waals surface area contributed by atoms with E-state index in [1.54, 1.807) is 0 Å². The van der Waals surface area contributed by atoms with Crippen LogP contribution in [0.4, 0.5) is 0 Å². The van der Waals surface area contributed by atoms with Crippen LogP contribution in [0.5, 0.6) is 0 Å². The van der Waals surface area contributed by atoms with E-state index in [4.69, 9.17) is 0 Å².